The van der Waals surface area contributed by atoms with E-state index in [2.05, 4.69) is 5.32 Å². The highest BCUT2D eigenvalue weighted by Gasteiger charge is 2.08. The van der Waals surface area contributed by atoms with Crippen LogP contribution in [0.4, 0.5) is 0 Å². The molecule has 0 atom stereocenters. The molecule has 0 aliphatic carbocycles. The van der Waals surface area contributed by atoms with E-state index < -0.39 is 0 Å². The minimum atomic E-state index is -0.218. The summed E-state index contributed by atoms with van der Waals surface area (Å²) in [5.41, 5.74) is 0.470. The molecule has 0 radical (unpaired) electrons. The number of halogens is 2. The number of nitrogens with one attached hydrogen (secondary N) is 1. The molecule has 0 unspecified atom stereocenters. The van der Waals surface area contributed by atoms with Gasteiger partial charge in [0.1, 0.15) is 18.1 Å². The first-order chi connectivity index (χ1) is 10.6. The Hall–Kier alpha value is -1.91. The number of rotatable bonds is 6. The zero-order valence-corrected chi connectivity index (χ0v) is 13.4. The lowest BCUT2D eigenvalue weighted by Gasteiger charge is -2.09. The smallest absolute Gasteiger partial charge is 0.251 e. The number of methoxy groups -OCH3 is 1. The van der Waals surface area contributed by atoms with Crippen LogP contribution in [0.25, 0.3) is 0 Å². The monoisotopic (exact) mass is 339 g/mol. The number of hydrogen-bond donors (Lipinski definition) is 1. The molecule has 0 bridgehead atoms. The molecule has 4 nitrogen and oxygen atoms in total. The molecule has 116 valence electrons. The van der Waals surface area contributed by atoms with Crippen molar-refractivity contribution in [1.82, 2.24) is 5.32 Å². The zero-order chi connectivity index (χ0) is 15.9. The lowest BCUT2D eigenvalue weighted by Crippen LogP contribution is -2.28. The highest BCUT2D eigenvalue weighted by atomic mass is 35.5. The molecular weight excluding hydrogens is 325 g/mol. The van der Waals surface area contributed by atoms with Crippen LogP contribution >= 0.6 is 23.2 Å². The van der Waals surface area contributed by atoms with E-state index >= 15 is 0 Å². The van der Waals surface area contributed by atoms with E-state index in [4.69, 9.17) is 32.7 Å². The third-order valence-electron chi connectivity index (χ3n) is 2.88. The van der Waals surface area contributed by atoms with Gasteiger partial charge >= 0.3 is 0 Å². The van der Waals surface area contributed by atoms with E-state index in [1.54, 1.807) is 42.5 Å². The quantitative estimate of drug-likeness (QED) is 0.814. The van der Waals surface area contributed by atoms with Gasteiger partial charge in [0.25, 0.3) is 5.91 Å². The molecule has 0 heterocycles. The lowest BCUT2D eigenvalue weighted by atomic mass is 10.2. The fourth-order valence-electron chi connectivity index (χ4n) is 1.77. The highest BCUT2D eigenvalue weighted by molar-refractivity contribution is 6.32. The first kappa shape index (κ1) is 16.5. The van der Waals surface area contributed by atoms with Crippen LogP contribution in [0.2, 0.25) is 10.0 Å². The van der Waals surface area contributed by atoms with E-state index in [0.717, 1.165) is 0 Å². The van der Waals surface area contributed by atoms with Crippen molar-refractivity contribution in [3.63, 3.8) is 0 Å². The number of carbonyl (C=O) groups is 1. The van der Waals surface area contributed by atoms with Gasteiger partial charge in [0.2, 0.25) is 0 Å². The first-order valence-corrected chi connectivity index (χ1v) is 7.36. The standard InChI is InChI=1S/C16H15Cl2NO3/c1-21-15-7-2-11(10-14(15)18)16(20)19-8-9-22-13-5-3-12(17)4-6-13/h2-7,10H,8-9H2,1H3,(H,19,20). The summed E-state index contributed by atoms with van der Waals surface area (Å²) in [7, 11) is 1.52. The number of hydrogen-bond acceptors (Lipinski definition) is 3. The molecule has 0 saturated carbocycles. The molecule has 1 amide bonds. The van der Waals surface area contributed by atoms with Crippen LogP contribution in [-0.4, -0.2) is 26.2 Å². The second-order valence-corrected chi connectivity index (χ2v) is 5.25. The van der Waals surface area contributed by atoms with E-state index in [0.29, 0.717) is 40.3 Å². The summed E-state index contributed by atoms with van der Waals surface area (Å²) < 4.78 is 10.5. The van der Waals surface area contributed by atoms with Crippen molar-refractivity contribution >= 4 is 29.1 Å². The molecule has 0 spiro atoms. The Balaban J connectivity index is 1.80. The fraction of sp³-hybridized carbons (Fsp3) is 0.188. The molecule has 2 aromatic rings. The van der Waals surface area contributed by atoms with Crippen molar-refractivity contribution in [2.75, 3.05) is 20.3 Å². The van der Waals surface area contributed by atoms with Crippen LogP contribution in [-0.2, 0) is 0 Å². The van der Waals surface area contributed by atoms with Crippen molar-refractivity contribution in [3.05, 3.63) is 58.1 Å². The van der Waals surface area contributed by atoms with Crippen molar-refractivity contribution in [1.29, 1.82) is 0 Å². The van der Waals surface area contributed by atoms with Crippen molar-refractivity contribution in [2.45, 2.75) is 0 Å². The van der Waals surface area contributed by atoms with Gasteiger partial charge in [-0.25, -0.2) is 0 Å². The topological polar surface area (TPSA) is 47.6 Å². The van der Waals surface area contributed by atoms with Crippen LogP contribution in [0.15, 0.2) is 42.5 Å². The average molecular weight is 340 g/mol. The van der Waals surface area contributed by atoms with Crippen LogP contribution in [0.3, 0.4) is 0 Å². The van der Waals surface area contributed by atoms with Gasteiger partial charge in [-0.2, -0.15) is 0 Å². The van der Waals surface area contributed by atoms with E-state index in [1.807, 2.05) is 0 Å². The van der Waals surface area contributed by atoms with Gasteiger partial charge < -0.3 is 14.8 Å². The minimum absolute atomic E-state index is 0.218. The summed E-state index contributed by atoms with van der Waals surface area (Å²) in [6, 6.07) is 11.9. The highest BCUT2D eigenvalue weighted by Crippen LogP contribution is 2.24. The van der Waals surface area contributed by atoms with Crippen LogP contribution in [0, 0.1) is 0 Å². The third kappa shape index (κ3) is 4.55. The van der Waals surface area contributed by atoms with Gasteiger partial charge in [-0.05, 0) is 42.5 Å². The maximum Gasteiger partial charge on any atom is 0.251 e. The second-order valence-electron chi connectivity index (χ2n) is 4.41. The Morgan fingerprint density at radius 3 is 2.50 bits per heavy atom. The Kier molecular flexibility index (Phi) is 5.92. The van der Waals surface area contributed by atoms with Gasteiger partial charge in [0.05, 0.1) is 18.7 Å². The summed E-state index contributed by atoms with van der Waals surface area (Å²) in [5, 5.41) is 3.80. The van der Waals surface area contributed by atoms with Crippen molar-refractivity contribution in [3.8, 4) is 11.5 Å². The lowest BCUT2D eigenvalue weighted by molar-refractivity contribution is 0.0947. The molecule has 22 heavy (non-hydrogen) atoms. The Morgan fingerprint density at radius 2 is 1.86 bits per heavy atom. The number of benzene rings is 2. The van der Waals surface area contributed by atoms with Gasteiger partial charge in [-0.1, -0.05) is 23.2 Å². The normalized spacial score (nSPS) is 10.1. The predicted octanol–water partition coefficient (Wildman–Crippen LogP) is 3.81. The van der Waals surface area contributed by atoms with Crippen molar-refractivity contribution in [2.24, 2.45) is 0 Å². The number of amides is 1. The Labute approximate surface area is 138 Å². The summed E-state index contributed by atoms with van der Waals surface area (Å²) in [4.78, 5) is 12.0. The minimum Gasteiger partial charge on any atom is -0.495 e. The zero-order valence-electron chi connectivity index (χ0n) is 11.9. The van der Waals surface area contributed by atoms with Gasteiger partial charge in [0, 0.05) is 10.6 Å². The van der Waals surface area contributed by atoms with Crippen LogP contribution < -0.4 is 14.8 Å². The number of carbonyl (C=O) groups excluding carboxylic acids is 1. The maximum absolute atomic E-state index is 12.0. The second kappa shape index (κ2) is 7.92. The molecule has 0 fully saturated rings. The molecule has 2 rings (SSSR count). The summed E-state index contributed by atoms with van der Waals surface area (Å²) in [6.07, 6.45) is 0. The van der Waals surface area contributed by atoms with E-state index in [-0.39, 0.29) is 5.91 Å². The summed E-state index contributed by atoms with van der Waals surface area (Å²) in [5.74, 6) is 1.01. The fourth-order valence-corrected chi connectivity index (χ4v) is 2.16. The van der Waals surface area contributed by atoms with Crippen LogP contribution in [0.5, 0.6) is 11.5 Å². The van der Waals surface area contributed by atoms with Crippen LogP contribution in [0.1, 0.15) is 10.4 Å². The molecule has 0 aliphatic rings. The van der Waals surface area contributed by atoms with E-state index in [9.17, 15) is 4.79 Å². The number of ether oxygens (including phenoxy) is 2. The maximum atomic E-state index is 12.0. The third-order valence-corrected chi connectivity index (χ3v) is 3.43. The Morgan fingerprint density at radius 1 is 1.14 bits per heavy atom. The molecular formula is C16H15Cl2NO3. The largest absolute Gasteiger partial charge is 0.495 e. The van der Waals surface area contributed by atoms with Crippen molar-refractivity contribution < 1.29 is 14.3 Å². The van der Waals surface area contributed by atoms with Gasteiger partial charge in [-0.3, -0.25) is 4.79 Å². The predicted molar refractivity (Wildman–Crippen MR) is 87.3 cm³/mol. The Bertz CT molecular complexity index is 644. The van der Waals surface area contributed by atoms with E-state index in [1.165, 1.54) is 7.11 Å². The summed E-state index contributed by atoms with van der Waals surface area (Å²) in [6.45, 7) is 0.738. The molecule has 0 aromatic heterocycles. The molecule has 0 saturated heterocycles. The van der Waals surface area contributed by atoms with Gasteiger partial charge in [-0.15, -0.1) is 0 Å². The molecule has 1 N–H and O–H groups in total. The van der Waals surface area contributed by atoms with Gasteiger partial charge in [0.15, 0.2) is 0 Å². The molecule has 0 aliphatic heterocycles. The summed E-state index contributed by atoms with van der Waals surface area (Å²) >= 11 is 11.8. The average Bonchev–Trinajstić information content (AvgIpc) is 2.53. The first-order valence-electron chi connectivity index (χ1n) is 6.60. The molecule has 2 aromatic carbocycles. The molecule has 6 heteroatoms. The SMILES string of the molecule is COc1ccc(C(=O)NCCOc2ccc(Cl)cc2)cc1Cl.